The van der Waals surface area contributed by atoms with E-state index in [-0.39, 0.29) is 22.8 Å². The first kappa shape index (κ1) is 16.8. The van der Waals surface area contributed by atoms with Crippen molar-refractivity contribution in [2.45, 2.75) is 4.90 Å². The van der Waals surface area contributed by atoms with E-state index in [0.717, 1.165) is 4.90 Å². The Balaban J connectivity index is 2.12. The Morgan fingerprint density at radius 1 is 1.13 bits per heavy atom. The van der Waals surface area contributed by atoms with Crippen molar-refractivity contribution in [2.24, 2.45) is 0 Å². The standard InChI is InChI=1S/C16H15NO5S/c1-21-15-8-7-11(9-16(15)22-2)23-10-14(18)12-5-3-4-6-13(12)17(19)20/h3-9H,10H2,1-2H3. The van der Waals surface area contributed by atoms with Gasteiger partial charge >= 0.3 is 0 Å². The molecule has 0 aliphatic heterocycles. The molecule has 7 heteroatoms. The van der Waals surface area contributed by atoms with Gasteiger partial charge in [-0.25, -0.2) is 0 Å². The molecule has 0 radical (unpaired) electrons. The lowest BCUT2D eigenvalue weighted by molar-refractivity contribution is -0.385. The van der Waals surface area contributed by atoms with E-state index in [2.05, 4.69) is 0 Å². The Morgan fingerprint density at radius 3 is 2.48 bits per heavy atom. The fourth-order valence-electron chi connectivity index (χ4n) is 2.00. The molecular formula is C16H15NO5S. The lowest BCUT2D eigenvalue weighted by atomic mass is 10.1. The maximum atomic E-state index is 12.2. The first-order chi connectivity index (χ1) is 11.1. The number of benzene rings is 2. The van der Waals surface area contributed by atoms with Gasteiger partial charge < -0.3 is 9.47 Å². The van der Waals surface area contributed by atoms with Crippen molar-refractivity contribution in [3.8, 4) is 11.5 Å². The zero-order valence-corrected chi connectivity index (χ0v) is 13.5. The zero-order valence-electron chi connectivity index (χ0n) is 12.6. The molecule has 0 amide bonds. The van der Waals surface area contributed by atoms with Gasteiger partial charge in [-0.3, -0.25) is 14.9 Å². The second kappa shape index (κ2) is 7.64. The van der Waals surface area contributed by atoms with Crippen molar-refractivity contribution in [2.75, 3.05) is 20.0 Å². The van der Waals surface area contributed by atoms with Gasteiger partial charge in [0.25, 0.3) is 5.69 Å². The topological polar surface area (TPSA) is 78.7 Å². The fraction of sp³-hybridized carbons (Fsp3) is 0.188. The fourth-order valence-corrected chi connectivity index (χ4v) is 2.81. The smallest absolute Gasteiger partial charge is 0.280 e. The van der Waals surface area contributed by atoms with E-state index in [9.17, 15) is 14.9 Å². The highest BCUT2D eigenvalue weighted by atomic mass is 32.2. The molecule has 0 saturated heterocycles. The number of rotatable bonds is 7. The van der Waals surface area contributed by atoms with Crippen molar-refractivity contribution in [3.05, 3.63) is 58.1 Å². The quantitative estimate of drug-likeness (QED) is 0.333. The van der Waals surface area contributed by atoms with Crippen LogP contribution < -0.4 is 9.47 Å². The van der Waals surface area contributed by atoms with Crippen LogP contribution in [0.2, 0.25) is 0 Å². The summed E-state index contributed by atoms with van der Waals surface area (Å²) in [7, 11) is 3.08. The first-order valence-corrected chi connectivity index (χ1v) is 7.66. The molecule has 0 saturated carbocycles. The average molecular weight is 333 g/mol. The number of nitro groups is 1. The average Bonchev–Trinajstić information content (AvgIpc) is 2.59. The highest BCUT2D eigenvalue weighted by molar-refractivity contribution is 8.00. The largest absolute Gasteiger partial charge is 0.493 e. The summed E-state index contributed by atoms with van der Waals surface area (Å²) in [6.07, 6.45) is 0. The van der Waals surface area contributed by atoms with Crippen LogP contribution in [0.1, 0.15) is 10.4 Å². The Hall–Kier alpha value is -2.54. The Bertz CT molecular complexity index is 732. The molecule has 23 heavy (non-hydrogen) atoms. The highest BCUT2D eigenvalue weighted by Crippen LogP contribution is 2.32. The monoisotopic (exact) mass is 333 g/mol. The van der Waals surface area contributed by atoms with E-state index in [1.165, 1.54) is 37.1 Å². The molecule has 0 unspecified atom stereocenters. The number of methoxy groups -OCH3 is 2. The van der Waals surface area contributed by atoms with E-state index in [1.54, 1.807) is 31.4 Å². The van der Waals surface area contributed by atoms with Gasteiger partial charge in [0.2, 0.25) is 0 Å². The Labute approximate surface area is 137 Å². The number of carbonyl (C=O) groups excluding carboxylic acids is 1. The molecule has 0 bridgehead atoms. The summed E-state index contributed by atoms with van der Waals surface area (Å²) in [6, 6.07) is 11.3. The maximum Gasteiger partial charge on any atom is 0.280 e. The molecule has 2 aromatic rings. The van der Waals surface area contributed by atoms with Gasteiger partial charge in [0, 0.05) is 11.0 Å². The number of ketones is 1. The minimum Gasteiger partial charge on any atom is -0.493 e. The number of hydrogen-bond acceptors (Lipinski definition) is 6. The van der Waals surface area contributed by atoms with Crippen molar-refractivity contribution in [1.29, 1.82) is 0 Å². The molecule has 0 aliphatic rings. The van der Waals surface area contributed by atoms with Crippen LogP contribution in [0.25, 0.3) is 0 Å². The van der Waals surface area contributed by atoms with Gasteiger partial charge in [0.1, 0.15) is 0 Å². The van der Waals surface area contributed by atoms with Crippen LogP contribution in [0.15, 0.2) is 47.4 Å². The molecule has 6 nitrogen and oxygen atoms in total. The number of para-hydroxylation sites is 1. The van der Waals surface area contributed by atoms with E-state index >= 15 is 0 Å². The number of carbonyl (C=O) groups is 1. The zero-order chi connectivity index (χ0) is 16.8. The van der Waals surface area contributed by atoms with Crippen LogP contribution >= 0.6 is 11.8 Å². The van der Waals surface area contributed by atoms with Crippen LogP contribution in [0, 0.1) is 10.1 Å². The minimum absolute atomic E-state index is 0.0976. The van der Waals surface area contributed by atoms with Gasteiger partial charge in [-0.2, -0.15) is 0 Å². The number of nitrogens with zero attached hydrogens (tertiary/aromatic N) is 1. The van der Waals surface area contributed by atoms with Gasteiger partial charge in [0.15, 0.2) is 17.3 Å². The SMILES string of the molecule is COc1ccc(SCC(=O)c2ccccc2[N+](=O)[O-])cc1OC. The number of thioether (sulfide) groups is 1. The third-order valence-electron chi connectivity index (χ3n) is 3.13. The first-order valence-electron chi connectivity index (χ1n) is 6.68. The highest BCUT2D eigenvalue weighted by Gasteiger charge is 2.19. The summed E-state index contributed by atoms with van der Waals surface area (Å²) in [5, 5.41) is 11.0. The summed E-state index contributed by atoms with van der Waals surface area (Å²) in [4.78, 5) is 23.5. The predicted octanol–water partition coefficient (Wildman–Crippen LogP) is 3.59. The van der Waals surface area contributed by atoms with E-state index in [1.807, 2.05) is 0 Å². The van der Waals surface area contributed by atoms with Crippen LogP contribution in [0.5, 0.6) is 11.5 Å². The minimum atomic E-state index is -0.547. The molecule has 0 atom stereocenters. The van der Waals surface area contributed by atoms with Gasteiger partial charge in [0.05, 0.1) is 30.5 Å². The molecule has 0 spiro atoms. The number of Topliss-reactive ketones (excluding diaryl/α,β-unsaturated/α-hetero) is 1. The van der Waals surface area contributed by atoms with Gasteiger partial charge in [-0.05, 0) is 24.3 Å². The van der Waals surface area contributed by atoms with Crippen LogP contribution in [0.4, 0.5) is 5.69 Å². The van der Waals surface area contributed by atoms with E-state index in [0.29, 0.717) is 11.5 Å². The van der Waals surface area contributed by atoms with Crippen LogP contribution in [-0.2, 0) is 0 Å². The van der Waals surface area contributed by atoms with E-state index < -0.39 is 4.92 Å². The summed E-state index contributed by atoms with van der Waals surface area (Å²) >= 11 is 1.28. The molecule has 0 fully saturated rings. The van der Waals surface area contributed by atoms with Crippen molar-refractivity contribution < 1.29 is 19.2 Å². The van der Waals surface area contributed by atoms with E-state index in [4.69, 9.17) is 9.47 Å². The number of hydrogen-bond donors (Lipinski definition) is 0. The Kier molecular flexibility index (Phi) is 5.59. The predicted molar refractivity (Wildman–Crippen MR) is 87.7 cm³/mol. The molecule has 0 aliphatic carbocycles. The maximum absolute atomic E-state index is 12.2. The molecule has 2 aromatic carbocycles. The van der Waals surface area contributed by atoms with Gasteiger partial charge in [-0.1, -0.05) is 12.1 Å². The van der Waals surface area contributed by atoms with Gasteiger partial charge in [-0.15, -0.1) is 11.8 Å². The second-order valence-corrected chi connectivity index (χ2v) is 5.55. The third kappa shape index (κ3) is 4.01. The molecule has 0 N–H and O–H groups in total. The van der Waals surface area contributed by atoms with Crippen LogP contribution in [0.3, 0.4) is 0 Å². The number of ether oxygens (including phenoxy) is 2. The third-order valence-corrected chi connectivity index (χ3v) is 4.12. The van der Waals surface area contributed by atoms with Crippen molar-refractivity contribution in [1.82, 2.24) is 0 Å². The molecular weight excluding hydrogens is 318 g/mol. The number of nitro benzene ring substituents is 1. The normalized spacial score (nSPS) is 10.2. The summed E-state index contributed by atoms with van der Waals surface area (Å²) in [6.45, 7) is 0. The molecule has 2 rings (SSSR count). The summed E-state index contributed by atoms with van der Waals surface area (Å²) in [5.41, 5.74) is -0.0594. The molecule has 0 aromatic heterocycles. The summed E-state index contributed by atoms with van der Waals surface area (Å²) < 4.78 is 10.4. The lowest BCUT2D eigenvalue weighted by Crippen LogP contribution is -2.06. The van der Waals surface area contributed by atoms with Crippen LogP contribution in [-0.4, -0.2) is 30.7 Å². The Morgan fingerprint density at radius 2 is 1.83 bits per heavy atom. The van der Waals surface area contributed by atoms with Crippen molar-refractivity contribution in [3.63, 3.8) is 0 Å². The second-order valence-electron chi connectivity index (χ2n) is 4.50. The van der Waals surface area contributed by atoms with Crippen molar-refractivity contribution >= 4 is 23.2 Å². The summed E-state index contributed by atoms with van der Waals surface area (Å²) in [5.74, 6) is 0.968. The lowest BCUT2D eigenvalue weighted by Gasteiger charge is -2.09. The molecule has 120 valence electrons. The molecule has 0 heterocycles.